The lowest BCUT2D eigenvalue weighted by Crippen LogP contribution is -2.74. The monoisotopic (exact) mass is 448 g/mol. The zero-order valence-electron chi connectivity index (χ0n) is 17.6. The van der Waals surface area contributed by atoms with Crippen LogP contribution in [0, 0.1) is 0 Å². The third kappa shape index (κ3) is 2.87. The van der Waals surface area contributed by atoms with Crippen molar-refractivity contribution in [1.82, 2.24) is 4.90 Å². The number of halogens is 1. The Balaban J connectivity index is 1.72. The van der Waals surface area contributed by atoms with Crippen molar-refractivity contribution < 1.29 is 19.1 Å². The summed E-state index contributed by atoms with van der Waals surface area (Å²) in [5.74, 6) is 0.795. The Kier molecular flexibility index (Phi) is 4.82. The molecule has 32 heavy (non-hydrogen) atoms. The van der Waals surface area contributed by atoms with E-state index in [4.69, 9.17) is 21.1 Å². The summed E-state index contributed by atoms with van der Waals surface area (Å²) in [5.41, 5.74) is 1.30. The van der Waals surface area contributed by atoms with E-state index in [1.54, 1.807) is 54.3 Å². The van der Waals surface area contributed by atoms with Crippen molar-refractivity contribution in [3.63, 3.8) is 0 Å². The molecule has 0 aromatic heterocycles. The average Bonchev–Trinajstić information content (AvgIpc) is 2.90. The van der Waals surface area contributed by atoms with Gasteiger partial charge in [-0.25, -0.2) is 0 Å². The van der Waals surface area contributed by atoms with E-state index in [1.165, 1.54) is 0 Å². The van der Waals surface area contributed by atoms with Crippen LogP contribution in [-0.4, -0.2) is 43.5 Å². The van der Waals surface area contributed by atoms with Crippen molar-refractivity contribution in [3.05, 3.63) is 88.9 Å². The third-order valence-corrected chi connectivity index (χ3v) is 6.46. The summed E-state index contributed by atoms with van der Waals surface area (Å²) < 4.78 is 11.5. The zero-order valence-corrected chi connectivity index (χ0v) is 18.4. The van der Waals surface area contributed by atoms with Gasteiger partial charge in [0.1, 0.15) is 23.6 Å². The molecule has 0 N–H and O–H groups in total. The number of fused-ring (bicyclic) bond motifs is 3. The second-order valence-corrected chi connectivity index (χ2v) is 8.28. The highest BCUT2D eigenvalue weighted by Gasteiger charge is 2.66. The van der Waals surface area contributed by atoms with Crippen molar-refractivity contribution in [3.8, 4) is 11.5 Å². The predicted octanol–water partition coefficient (Wildman–Crippen LogP) is 3.86. The number of ether oxygens (including phenoxy) is 2. The number of nitrogens with zero attached hydrogens (tertiary/aromatic N) is 2. The summed E-state index contributed by atoms with van der Waals surface area (Å²) in [7, 11) is 3.30. The molecule has 2 atom stereocenters. The number of hydrogen-bond donors (Lipinski definition) is 0. The molecule has 3 aromatic rings. The van der Waals surface area contributed by atoms with Crippen molar-refractivity contribution in [2.45, 2.75) is 11.6 Å². The number of carbonyl (C=O) groups is 2. The third-order valence-electron chi connectivity index (χ3n) is 6.22. The zero-order chi connectivity index (χ0) is 22.5. The first kappa shape index (κ1) is 20.4. The average molecular weight is 449 g/mol. The largest absolute Gasteiger partial charge is 0.497 e. The number of methoxy groups -OCH3 is 1. The Hall–Kier alpha value is -3.51. The SMILES string of the molecule is COc1ccc(O[C@@H]2C(=O)N3CC(=O)N(C)c4ccc(Cl)cc4[C@@]23c2ccccc2)cc1. The van der Waals surface area contributed by atoms with Crippen molar-refractivity contribution in [2.24, 2.45) is 0 Å². The number of carbonyl (C=O) groups excluding carboxylic acids is 2. The van der Waals surface area contributed by atoms with E-state index in [0.29, 0.717) is 22.2 Å². The molecule has 2 aliphatic rings. The molecule has 7 heteroatoms. The fourth-order valence-electron chi connectivity index (χ4n) is 4.62. The van der Waals surface area contributed by atoms with Gasteiger partial charge < -0.3 is 19.3 Å². The molecule has 0 aliphatic carbocycles. The Morgan fingerprint density at radius 2 is 1.66 bits per heavy atom. The van der Waals surface area contributed by atoms with Gasteiger partial charge in [0.2, 0.25) is 12.0 Å². The number of likely N-dealkylation sites (N-methyl/N-ethyl adjacent to an activating group) is 1. The topological polar surface area (TPSA) is 59.1 Å². The molecular weight excluding hydrogens is 428 g/mol. The first-order chi connectivity index (χ1) is 15.5. The van der Waals surface area contributed by atoms with Gasteiger partial charge >= 0.3 is 0 Å². The van der Waals surface area contributed by atoms with Gasteiger partial charge in [-0.05, 0) is 48.0 Å². The molecule has 2 heterocycles. The van der Waals surface area contributed by atoms with E-state index in [1.807, 2.05) is 42.5 Å². The molecule has 3 aromatic carbocycles. The van der Waals surface area contributed by atoms with Crippen LogP contribution in [0.3, 0.4) is 0 Å². The van der Waals surface area contributed by atoms with E-state index in [-0.39, 0.29) is 18.4 Å². The van der Waals surface area contributed by atoms with Gasteiger partial charge in [0.05, 0.1) is 7.11 Å². The maximum Gasteiger partial charge on any atom is 0.268 e. The summed E-state index contributed by atoms with van der Waals surface area (Å²) in [6, 6.07) is 22.1. The molecule has 2 aliphatic heterocycles. The fourth-order valence-corrected chi connectivity index (χ4v) is 4.79. The lowest BCUT2D eigenvalue weighted by atomic mass is 9.69. The number of anilines is 1. The maximum atomic E-state index is 13.4. The molecule has 0 bridgehead atoms. The highest BCUT2D eigenvalue weighted by Crippen LogP contribution is 2.53. The maximum absolute atomic E-state index is 13.4. The first-order valence-electron chi connectivity index (χ1n) is 10.2. The molecule has 0 saturated carbocycles. The highest BCUT2D eigenvalue weighted by atomic mass is 35.5. The molecule has 6 nitrogen and oxygen atoms in total. The van der Waals surface area contributed by atoms with E-state index in [2.05, 4.69) is 0 Å². The van der Waals surface area contributed by atoms with Crippen LogP contribution in [0.25, 0.3) is 0 Å². The van der Waals surface area contributed by atoms with Crippen molar-refractivity contribution in [2.75, 3.05) is 25.6 Å². The van der Waals surface area contributed by atoms with Gasteiger partial charge in [0, 0.05) is 23.3 Å². The second kappa shape index (κ2) is 7.57. The molecule has 1 fully saturated rings. The molecule has 2 amide bonds. The number of amides is 2. The summed E-state index contributed by atoms with van der Waals surface area (Å²) in [4.78, 5) is 29.5. The van der Waals surface area contributed by atoms with Crippen LogP contribution in [0.4, 0.5) is 5.69 Å². The molecule has 1 saturated heterocycles. The van der Waals surface area contributed by atoms with Crippen LogP contribution in [0.2, 0.25) is 5.02 Å². The van der Waals surface area contributed by atoms with E-state index >= 15 is 0 Å². The fraction of sp³-hybridized carbons (Fsp3) is 0.200. The first-order valence-corrected chi connectivity index (χ1v) is 10.6. The Morgan fingerprint density at radius 3 is 2.34 bits per heavy atom. The summed E-state index contributed by atoms with van der Waals surface area (Å²) >= 11 is 6.42. The van der Waals surface area contributed by atoms with Crippen molar-refractivity contribution >= 4 is 29.1 Å². The molecule has 162 valence electrons. The van der Waals surface area contributed by atoms with Crippen LogP contribution >= 0.6 is 11.6 Å². The van der Waals surface area contributed by atoms with Gasteiger partial charge in [-0.2, -0.15) is 0 Å². The van der Waals surface area contributed by atoms with Crippen LogP contribution in [0.15, 0.2) is 72.8 Å². The Morgan fingerprint density at radius 1 is 0.969 bits per heavy atom. The smallest absolute Gasteiger partial charge is 0.268 e. The van der Waals surface area contributed by atoms with Gasteiger partial charge in [0.25, 0.3) is 5.91 Å². The number of hydrogen-bond acceptors (Lipinski definition) is 4. The van der Waals surface area contributed by atoms with Gasteiger partial charge in [-0.15, -0.1) is 0 Å². The van der Waals surface area contributed by atoms with Gasteiger partial charge in [-0.1, -0.05) is 41.9 Å². The van der Waals surface area contributed by atoms with Crippen molar-refractivity contribution in [1.29, 1.82) is 0 Å². The minimum Gasteiger partial charge on any atom is -0.497 e. The molecular formula is C25H21ClN2O4. The van der Waals surface area contributed by atoms with Gasteiger partial charge in [-0.3, -0.25) is 9.59 Å². The normalized spacial score (nSPS) is 21.9. The number of rotatable bonds is 4. The predicted molar refractivity (Wildman–Crippen MR) is 121 cm³/mol. The Labute approximate surface area is 190 Å². The summed E-state index contributed by atoms with van der Waals surface area (Å²) in [5, 5.41) is 0.518. The van der Waals surface area contributed by atoms with E-state index in [9.17, 15) is 9.59 Å². The molecule has 0 unspecified atom stereocenters. The lowest BCUT2D eigenvalue weighted by molar-refractivity contribution is -0.177. The van der Waals surface area contributed by atoms with Gasteiger partial charge in [0.15, 0.2) is 0 Å². The molecule has 0 spiro atoms. The van der Waals surface area contributed by atoms with Crippen LogP contribution in [0.1, 0.15) is 11.1 Å². The second-order valence-electron chi connectivity index (χ2n) is 7.84. The minimum absolute atomic E-state index is 0.0565. The quantitative estimate of drug-likeness (QED) is 0.569. The number of β-lactam (4-membered cyclic amide) rings is 1. The Bertz CT molecular complexity index is 1200. The number of benzene rings is 3. The standard InChI is InChI=1S/C25H21ClN2O4/c1-27-21-13-8-17(26)14-20(21)25(16-6-4-3-5-7-16)23(24(30)28(25)15-22(27)29)32-19-11-9-18(31-2)10-12-19/h3-14,23H,15H2,1-2H3/t23-,25+/m1/s1. The van der Waals surface area contributed by atoms with Crippen LogP contribution in [0.5, 0.6) is 11.5 Å². The highest BCUT2D eigenvalue weighted by molar-refractivity contribution is 6.30. The minimum atomic E-state index is -1.00. The van der Waals surface area contributed by atoms with Crippen LogP contribution in [-0.2, 0) is 15.1 Å². The lowest BCUT2D eigenvalue weighted by Gasteiger charge is -2.56. The summed E-state index contributed by atoms with van der Waals surface area (Å²) in [6.07, 6.45) is -0.866. The van der Waals surface area contributed by atoms with E-state index in [0.717, 1.165) is 11.1 Å². The molecule has 5 rings (SSSR count). The summed E-state index contributed by atoms with van der Waals surface area (Å²) in [6.45, 7) is -0.0565. The molecule has 0 radical (unpaired) electrons. The van der Waals surface area contributed by atoms with E-state index < -0.39 is 11.6 Å². The van der Waals surface area contributed by atoms with Crippen LogP contribution < -0.4 is 14.4 Å².